The lowest BCUT2D eigenvalue weighted by molar-refractivity contribution is 0.209. The maximum absolute atomic E-state index is 12.4. The third-order valence-electron chi connectivity index (χ3n) is 3.39. The summed E-state index contributed by atoms with van der Waals surface area (Å²) in [5.74, 6) is 1.55. The molecule has 2 aromatic heterocycles. The Morgan fingerprint density at radius 3 is 2.86 bits per heavy atom. The van der Waals surface area contributed by atoms with Gasteiger partial charge in [0.25, 0.3) is 0 Å². The van der Waals surface area contributed by atoms with Crippen molar-refractivity contribution in [3.05, 3.63) is 29.7 Å². The van der Waals surface area contributed by atoms with Crippen molar-refractivity contribution in [2.45, 2.75) is 44.2 Å². The number of nitrogens with one attached hydrogen (secondary N) is 1. The van der Waals surface area contributed by atoms with E-state index < -0.39 is 10.8 Å². The van der Waals surface area contributed by atoms with Crippen molar-refractivity contribution < 1.29 is 13.7 Å². The Bertz CT molecular complexity index is 657. The van der Waals surface area contributed by atoms with Crippen LogP contribution >= 0.6 is 0 Å². The molecule has 6 nitrogen and oxygen atoms in total. The van der Waals surface area contributed by atoms with E-state index in [2.05, 4.69) is 15.0 Å². The van der Waals surface area contributed by atoms with E-state index in [4.69, 9.17) is 9.47 Å². The summed E-state index contributed by atoms with van der Waals surface area (Å²) < 4.78 is 23.3. The number of rotatable bonds is 7. The smallest absolute Gasteiger partial charge is 0.212 e. The van der Waals surface area contributed by atoms with Gasteiger partial charge in [-0.05, 0) is 26.3 Å². The minimum atomic E-state index is -1.32. The molecule has 0 aliphatic carbocycles. The molecule has 0 amide bonds. The quantitative estimate of drug-likeness (QED) is 0.847. The standard InChI is InChI=1S/C15H21N3O3S/c1-5-10(2)21-14-8-17-15(18-14)22(19)9-12-11(3)13(20-4)6-7-16-12/h6-8,10H,5,9H2,1-4H3,(H,17,18). The van der Waals surface area contributed by atoms with Crippen LogP contribution in [0.4, 0.5) is 0 Å². The summed E-state index contributed by atoms with van der Waals surface area (Å²) in [6.45, 7) is 5.91. The van der Waals surface area contributed by atoms with Gasteiger partial charge in [0.05, 0.1) is 41.7 Å². The van der Waals surface area contributed by atoms with E-state index in [-0.39, 0.29) is 11.9 Å². The Labute approximate surface area is 132 Å². The van der Waals surface area contributed by atoms with E-state index in [0.29, 0.717) is 11.0 Å². The highest BCUT2D eigenvalue weighted by Gasteiger charge is 2.15. The maximum atomic E-state index is 12.4. The predicted molar refractivity (Wildman–Crippen MR) is 84.6 cm³/mol. The molecule has 0 saturated heterocycles. The first-order valence-electron chi connectivity index (χ1n) is 7.13. The van der Waals surface area contributed by atoms with Crippen molar-refractivity contribution >= 4 is 10.8 Å². The van der Waals surface area contributed by atoms with E-state index in [1.807, 2.05) is 20.8 Å². The van der Waals surface area contributed by atoms with Crippen molar-refractivity contribution in [3.63, 3.8) is 0 Å². The first kappa shape index (κ1) is 16.5. The maximum Gasteiger partial charge on any atom is 0.212 e. The number of nitrogens with zero attached hydrogens (tertiary/aromatic N) is 2. The Hall–Kier alpha value is -1.89. The molecule has 1 N–H and O–H groups in total. The molecule has 0 fully saturated rings. The minimum Gasteiger partial charge on any atom is -0.496 e. The molecule has 22 heavy (non-hydrogen) atoms. The molecule has 2 heterocycles. The summed E-state index contributed by atoms with van der Waals surface area (Å²) >= 11 is 0. The Balaban J connectivity index is 2.10. The van der Waals surface area contributed by atoms with Crippen molar-refractivity contribution in [1.29, 1.82) is 0 Å². The van der Waals surface area contributed by atoms with Crippen molar-refractivity contribution in [3.8, 4) is 11.6 Å². The van der Waals surface area contributed by atoms with Crippen LogP contribution in [0.25, 0.3) is 0 Å². The third-order valence-corrected chi connectivity index (χ3v) is 4.57. The Morgan fingerprint density at radius 1 is 1.41 bits per heavy atom. The number of H-pyrrole nitrogens is 1. The van der Waals surface area contributed by atoms with Crippen LogP contribution in [-0.2, 0) is 16.6 Å². The lowest BCUT2D eigenvalue weighted by Crippen LogP contribution is -2.10. The molecule has 7 heteroatoms. The number of imidazole rings is 1. The van der Waals surface area contributed by atoms with Gasteiger partial charge in [-0.25, -0.2) is 4.98 Å². The number of hydrogen-bond acceptors (Lipinski definition) is 5. The first-order valence-corrected chi connectivity index (χ1v) is 8.45. The first-order chi connectivity index (χ1) is 10.5. The van der Waals surface area contributed by atoms with E-state index in [1.54, 1.807) is 25.6 Å². The highest BCUT2D eigenvalue weighted by molar-refractivity contribution is 7.84. The van der Waals surface area contributed by atoms with Gasteiger partial charge in [0.15, 0.2) is 5.16 Å². The zero-order chi connectivity index (χ0) is 16.1. The summed E-state index contributed by atoms with van der Waals surface area (Å²) in [5, 5.41) is 0.391. The molecule has 2 aromatic rings. The van der Waals surface area contributed by atoms with E-state index in [0.717, 1.165) is 23.4 Å². The number of methoxy groups -OCH3 is 1. The van der Waals surface area contributed by atoms with E-state index in [9.17, 15) is 4.21 Å². The third kappa shape index (κ3) is 3.85. The molecule has 2 unspecified atom stereocenters. The van der Waals surface area contributed by atoms with Gasteiger partial charge >= 0.3 is 0 Å². The molecule has 2 atom stereocenters. The zero-order valence-corrected chi connectivity index (χ0v) is 14.1. The molecule has 0 aliphatic rings. The number of ether oxygens (including phenoxy) is 2. The summed E-state index contributed by atoms with van der Waals surface area (Å²) in [6, 6.07) is 1.78. The van der Waals surface area contributed by atoms with Crippen molar-refractivity contribution in [2.24, 2.45) is 0 Å². The normalized spacial score (nSPS) is 13.6. The summed E-state index contributed by atoms with van der Waals surface area (Å²) in [4.78, 5) is 11.4. The average molecular weight is 323 g/mol. The molecule has 2 rings (SSSR count). The molecular weight excluding hydrogens is 302 g/mol. The number of pyridine rings is 1. The van der Waals surface area contributed by atoms with E-state index >= 15 is 0 Å². The topological polar surface area (TPSA) is 77.1 Å². The van der Waals surface area contributed by atoms with Gasteiger partial charge in [-0.15, -0.1) is 0 Å². The number of hydrogen-bond donors (Lipinski definition) is 1. The van der Waals surface area contributed by atoms with Crippen molar-refractivity contribution in [1.82, 2.24) is 15.0 Å². The van der Waals surface area contributed by atoms with Crippen LogP contribution in [0.2, 0.25) is 0 Å². The van der Waals surface area contributed by atoms with Crippen LogP contribution in [0.3, 0.4) is 0 Å². The Kier molecular flexibility index (Phi) is 5.54. The SMILES string of the molecule is CCC(C)Oc1cnc(S(=O)Cc2nccc(OC)c2C)[nH]1. The molecule has 0 aliphatic heterocycles. The second kappa shape index (κ2) is 7.40. The van der Waals surface area contributed by atoms with Crippen LogP contribution in [0, 0.1) is 6.92 Å². The van der Waals surface area contributed by atoms with Gasteiger partial charge in [0, 0.05) is 11.8 Å². The highest BCUT2D eigenvalue weighted by Crippen LogP contribution is 2.21. The predicted octanol–water partition coefficient (Wildman–Crippen LogP) is 2.61. The molecule has 0 radical (unpaired) electrons. The van der Waals surface area contributed by atoms with Crippen molar-refractivity contribution in [2.75, 3.05) is 7.11 Å². The summed E-state index contributed by atoms with van der Waals surface area (Å²) in [7, 11) is 0.290. The largest absolute Gasteiger partial charge is 0.496 e. The second-order valence-electron chi connectivity index (χ2n) is 4.96. The van der Waals surface area contributed by atoms with Crippen LogP contribution in [0.5, 0.6) is 11.6 Å². The number of aromatic nitrogens is 3. The Morgan fingerprint density at radius 2 is 2.18 bits per heavy atom. The molecule has 0 saturated carbocycles. The van der Waals surface area contributed by atoms with Crippen LogP contribution in [0.1, 0.15) is 31.5 Å². The molecule has 120 valence electrons. The van der Waals surface area contributed by atoms with Gasteiger partial charge in [0.1, 0.15) is 5.75 Å². The zero-order valence-electron chi connectivity index (χ0n) is 13.3. The van der Waals surface area contributed by atoms with E-state index in [1.165, 1.54) is 0 Å². The van der Waals surface area contributed by atoms with Crippen LogP contribution in [0.15, 0.2) is 23.6 Å². The van der Waals surface area contributed by atoms with Crippen LogP contribution in [-0.4, -0.2) is 32.4 Å². The van der Waals surface area contributed by atoms with Gasteiger partial charge < -0.3 is 14.5 Å². The number of aromatic amines is 1. The molecular formula is C15H21N3O3S. The highest BCUT2D eigenvalue weighted by atomic mass is 32.2. The molecule has 0 aromatic carbocycles. The fourth-order valence-electron chi connectivity index (χ4n) is 1.88. The fraction of sp³-hybridized carbons (Fsp3) is 0.467. The van der Waals surface area contributed by atoms with Crippen LogP contribution < -0.4 is 9.47 Å². The second-order valence-corrected chi connectivity index (χ2v) is 6.33. The average Bonchev–Trinajstić information content (AvgIpc) is 2.97. The summed E-state index contributed by atoms with van der Waals surface area (Å²) in [6.07, 6.45) is 4.19. The lowest BCUT2D eigenvalue weighted by atomic mass is 10.2. The van der Waals surface area contributed by atoms with Gasteiger partial charge in [-0.3, -0.25) is 9.19 Å². The monoisotopic (exact) mass is 323 g/mol. The molecule has 0 bridgehead atoms. The van der Waals surface area contributed by atoms with Gasteiger partial charge in [-0.2, -0.15) is 0 Å². The van der Waals surface area contributed by atoms with Gasteiger partial charge in [-0.1, -0.05) is 6.92 Å². The lowest BCUT2D eigenvalue weighted by Gasteiger charge is -2.09. The molecule has 0 spiro atoms. The van der Waals surface area contributed by atoms with Gasteiger partial charge in [0.2, 0.25) is 5.88 Å². The minimum absolute atomic E-state index is 0.0871. The summed E-state index contributed by atoms with van der Waals surface area (Å²) in [5.41, 5.74) is 1.62. The fourth-order valence-corrected chi connectivity index (χ4v) is 2.94.